The van der Waals surface area contributed by atoms with E-state index in [1.807, 2.05) is 31.2 Å². The molecule has 1 N–H and O–H groups in total. The Balaban J connectivity index is 2.10. The number of carboxylic acid groups (broad SMARTS) is 1. The number of thioether (sulfide) groups is 1. The van der Waals surface area contributed by atoms with Gasteiger partial charge in [0.1, 0.15) is 0 Å². The SMILES string of the molecule is CC(c1cnn(C)c1)N1CCSCC1CC(=O)O. The van der Waals surface area contributed by atoms with Crippen molar-refractivity contribution in [2.24, 2.45) is 7.05 Å². The number of hydrogen-bond donors (Lipinski definition) is 1. The molecule has 2 atom stereocenters. The smallest absolute Gasteiger partial charge is 0.304 e. The zero-order valence-corrected chi connectivity index (χ0v) is 11.6. The highest BCUT2D eigenvalue weighted by molar-refractivity contribution is 7.99. The Hall–Kier alpha value is -1.01. The molecule has 2 unspecified atom stereocenters. The summed E-state index contributed by atoms with van der Waals surface area (Å²) in [7, 11) is 1.90. The van der Waals surface area contributed by atoms with Crippen LogP contribution in [0.25, 0.3) is 0 Å². The molecule has 18 heavy (non-hydrogen) atoms. The molecule has 1 aliphatic heterocycles. The summed E-state index contributed by atoms with van der Waals surface area (Å²) in [5.74, 6) is 1.25. The average molecular weight is 269 g/mol. The van der Waals surface area contributed by atoms with Gasteiger partial charge in [-0.05, 0) is 6.92 Å². The molecule has 1 fully saturated rings. The van der Waals surface area contributed by atoms with Crippen LogP contribution in [-0.4, -0.2) is 49.8 Å². The Morgan fingerprint density at radius 1 is 1.72 bits per heavy atom. The highest BCUT2D eigenvalue weighted by Gasteiger charge is 2.29. The van der Waals surface area contributed by atoms with Gasteiger partial charge in [0, 0.05) is 48.9 Å². The van der Waals surface area contributed by atoms with Gasteiger partial charge in [-0.1, -0.05) is 0 Å². The van der Waals surface area contributed by atoms with Crippen molar-refractivity contribution in [2.45, 2.75) is 25.4 Å². The predicted molar refractivity (Wildman–Crippen MR) is 71.7 cm³/mol. The molecule has 0 aliphatic carbocycles. The van der Waals surface area contributed by atoms with E-state index in [0.717, 1.165) is 23.6 Å². The molecular formula is C12H19N3O2S. The predicted octanol–water partition coefficient (Wildman–Crippen LogP) is 1.37. The minimum Gasteiger partial charge on any atom is -0.481 e. The molecule has 0 spiro atoms. The Bertz CT molecular complexity index is 421. The monoisotopic (exact) mass is 269 g/mol. The van der Waals surface area contributed by atoms with Gasteiger partial charge in [0.05, 0.1) is 12.6 Å². The molecule has 2 rings (SSSR count). The zero-order chi connectivity index (χ0) is 13.1. The van der Waals surface area contributed by atoms with E-state index < -0.39 is 5.97 Å². The van der Waals surface area contributed by atoms with Crippen LogP contribution in [0.3, 0.4) is 0 Å². The fourth-order valence-electron chi connectivity index (χ4n) is 2.40. The third-order valence-electron chi connectivity index (χ3n) is 3.39. The number of aliphatic carboxylic acids is 1. The quantitative estimate of drug-likeness (QED) is 0.894. The number of aryl methyl sites for hydroxylation is 1. The van der Waals surface area contributed by atoms with Gasteiger partial charge in [0.25, 0.3) is 0 Å². The second-order valence-electron chi connectivity index (χ2n) is 4.69. The fraction of sp³-hybridized carbons (Fsp3) is 0.667. The Labute approximate surface area is 111 Å². The van der Waals surface area contributed by atoms with Gasteiger partial charge in [-0.3, -0.25) is 14.4 Å². The van der Waals surface area contributed by atoms with E-state index in [-0.39, 0.29) is 18.5 Å². The van der Waals surface area contributed by atoms with Crippen LogP contribution in [0.5, 0.6) is 0 Å². The maximum Gasteiger partial charge on any atom is 0.304 e. The molecule has 1 saturated heterocycles. The van der Waals surface area contributed by atoms with Crippen molar-refractivity contribution >= 4 is 17.7 Å². The molecule has 0 saturated carbocycles. The normalized spacial score (nSPS) is 22.9. The molecule has 100 valence electrons. The first-order valence-electron chi connectivity index (χ1n) is 6.11. The highest BCUT2D eigenvalue weighted by atomic mass is 32.2. The van der Waals surface area contributed by atoms with Crippen LogP contribution in [0.4, 0.5) is 0 Å². The van der Waals surface area contributed by atoms with E-state index in [2.05, 4.69) is 16.9 Å². The van der Waals surface area contributed by atoms with Crippen LogP contribution in [0.1, 0.15) is 24.9 Å². The second kappa shape index (κ2) is 5.75. The fourth-order valence-corrected chi connectivity index (χ4v) is 3.49. The Morgan fingerprint density at radius 3 is 3.11 bits per heavy atom. The number of carbonyl (C=O) groups is 1. The van der Waals surface area contributed by atoms with E-state index in [4.69, 9.17) is 5.11 Å². The lowest BCUT2D eigenvalue weighted by Crippen LogP contribution is -2.44. The molecule has 1 aromatic rings. The van der Waals surface area contributed by atoms with Crippen LogP contribution in [0.2, 0.25) is 0 Å². The lowest BCUT2D eigenvalue weighted by atomic mass is 10.1. The number of rotatable bonds is 4. The van der Waals surface area contributed by atoms with Gasteiger partial charge < -0.3 is 5.11 Å². The van der Waals surface area contributed by atoms with Crippen LogP contribution < -0.4 is 0 Å². The van der Waals surface area contributed by atoms with Crippen LogP contribution in [0.15, 0.2) is 12.4 Å². The van der Waals surface area contributed by atoms with Gasteiger partial charge >= 0.3 is 5.97 Å². The van der Waals surface area contributed by atoms with Gasteiger partial charge in [-0.15, -0.1) is 0 Å². The molecule has 0 radical (unpaired) electrons. The average Bonchev–Trinajstić information content (AvgIpc) is 2.75. The van der Waals surface area contributed by atoms with Crippen molar-refractivity contribution in [3.8, 4) is 0 Å². The van der Waals surface area contributed by atoms with Gasteiger partial charge in [0.2, 0.25) is 0 Å². The summed E-state index contributed by atoms with van der Waals surface area (Å²) in [5.41, 5.74) is 1.15. The molecule has 1 aliphatic rings. The first-order valence-corrected chi connectivity index (χ1v) is 7.27. The van der Waals surface area contributed by atoms with Crippen molar-refractivity contribution in [3.63, 3.8) is 0 Å². The summed E-state index contributed by atoms with van der Waals surface area (Å²) in [6.45, 7) is 3.07. The summed E-state index contributed by atoms with van der Waals surface area (Å²) >= 11 is 1.84. The molecule has 0 bridgehead atoms. The van der Waals surface area contributed by atoms with E-state index in [0.29, 0.717) is 0 Å². The molecule has 2 heterocycles. The third kappa shape index (κ3) is 3.05. The lowest BCUT2D eigenvalue weighted by Gasteiger charge is -2.38. The second-order valence-corrected chi connectivity index (χ2v) is 5.84. The van der Waals surface area contributed by atoms with E-state index in [9.17, 15) is 4.79 Å². The number of hydrogen-bond acceptors (Lipinski definition) is 4. The van der Waals surface area contributed by atoms with Crippen molar-refractivity contribution in [1.29, 1.82) is 0 Å². The minimum atomic E-state index is -0.717. The van der Waals surface area contributed by atoms with E-state index >= 15 is 0 Å². The van der Waals surface area contributed by atoms with Crippen molar-refractivity contribution in [3.05, 3.63) is 18.0 Å². The number of aromatic nitrogens is 2. The van der Waals surface area contributed by atoms with Crippen molar-refractivity contribution in [2.75, 3.05) is 18.1 Å². The first kappa shape index (κ1) is 13.4. The van der Waals surface area contributed by atoms with E-state index in [1.54, 1.807) is 4.68 Å². The molecule has 6 heteroatoms. The van der Waals surface area contributed by atoms with Crippen LogP contribution in [0, 0.1) is 0 Å². The molecule has 5 nitrogen and oxygen atoms in total. The van der Waals surface area contributed by atoms with Crippen molar-refractivity contribution < 1.29 is 9.90 Å². The largest absolute Gasteiger partial charge is 0.481 e. The summed E-state index contributed by atoms with van der Waals surface area (Å²) in [4.78, 5) is 13.2. The van der Waals surface area contributed by atoms with Crippen LogP contribution >= 0.6 is 11.8 Å². The minimum absolute atomic E-state index is 0.122. The Morgan fingerprint density at radius 2 is 2.50 bits per heavy atom. The standard InChI is InChI=1S/C12H19N3O2S/c1-9(10-6-13-14(2)7-10)15-3-4-18-8-11(15)5-12(16)17/h6-7,9,11H,3-5,8H2,1-2H3,(H,16,17). The highest BCUT2D eigenvalue weighted by Crippen LogP contribution is 2.28. The van der Waals surface area contributed by atoms with Gasteiger partial charge in [-0.25, -0.2) is 0 Å². The summed E-state index contributed by atoms with van der Waals surface area (Å²) in [6.07, 6.45) is 4.09. The maximum atomic E-state index is 10.9. The summed E-state index contributed by atoms with van der Waals surface area (Å²) in [6, 6.07) is 0.348. The van der Waals surface area contributed by atoms with Crippen molar-refractivity contribution in [1.82, 2.24) is 14.7 Å². The van der Waals surface area contributed by atoms with Gasteiger partial charge in [-0.2, -0.15) is 16.9 Å². The van der Waals surface area contributed by atoms with Gasteiger partial charge in [0.15, 0.2) is 0 Å². The lowest BCUT2D eigenvalue weighted by molar-refractivity contribution is -0.138. The van der Waals surface area contributed by atoms with Crippen LogP contribution in [-0.2, 0) is 11.8 Å². The summed E-state index contributed by atoms with van der Waals surface area (Å²) < 4.78 is 1.79. The topological polar surface area (TPSA) is 58.4 Å². The number of nitrogens with zero attached hydrogens (tertiary/aromatic N) is 3. The molecular weight excluding hydrogens is 250 g/mol. The van der Waals surface area contributed by atoms with E-state index in [1.165, 1.54) is 0 Å². The molecule has 0 aromatic carbocycles. The number of carboxylic acids is 1. The molecule has 1 aromatic heterocycles. The zero-order valence-electron chi connectivity index (χ0n) is 10.7. The summed E-state index contributed by atoms with van der Waals surface area (Å²) in [5, 5.41) is 13.2. The third-order valence-corrected chi connectivity index (χ3v) is 4.48. The Kier molecular flexibility index (Phi) is 4.29. The first-order chi connectivity index (χ1) is 8.58. The molecule has 0 amide bonds. The maximum absolute atomic E-state index is 10.9.